The molecule has 1 amide bonds. The molecule has 2 unspecified atom stereocenters. The largest absolute Gasteiger partial charge is 0.356 e. The highest BCUT2D eigenvalue weighted by atomic mass is 16.1. The predicted octanol–water partition coefficient (Wildman–Crippen LogP) is 1.39. The van der Waals surface area contributed by atoms with Gasteiger partial charge in [-0.05, 0) is 25.9 Å². The molecule has 0 aliphatic carbocycles. The predicted molar refractivity (Wildman–Crippen MR) is 60.2 cm³/mol. The molecule has 14 heavy (non-hydrogen) atoms. The molecule has 0 aromatic heterocycles. The number of carbonyl (C=O) groups excluding carboxylic acids is 1. The van der Waals surface area contributed by atoms with Gasteiger partial charge in [0.2, 0.25) is 5.91 Å². The minimum atomic E-state index is 0.154. The van der Waals surface area contributed by atoms with Crippen LogP contribution in [-0.4, -0.2) is 26.0 Å². The smallest absolute Gasteiger partial charge is 0.222 e. The lowest BCUT2D eigenvalue weighted by molar-refractivity contribution is -0.124. The van der Waals surface area contributed by atoms with Crippen LogP contribution in [0.25, 0.3) is 0 Å². The molecule has 0 heterocycles. The van der Waals surface area contributed by atoms with Gasteiger partial charge in [0.1, 0.15) is 0 Å². The second kappa shape index (κ2) is 7.80. The van der Waals surface area contributed by atoms with Crippen molar-refractivity contribution in [1.82, 2.24) is 10.6 Å². The lowest BCUT2D eigenvalue weighted by Gasteiger charge is -2.14. The third-order valence-electron chi connectivity index (χ3n) is 2.35. The molecule has 3 nitrogen and oxygen atoms in total. The maximum absolute atomic E-state index is 11.5. The van der Waals surface area contributed by atoms with E-state index in [0.717, 1.165) is 25.9 Å². The molecule has 2 atom stereocenters. The summed E-state index contributed by atoms with van der Waals surface area (Å²) in [6.07, 6.45) is 2.05. The molecule has 0 aromatic carbocycles. The third-order valence-corrected chi connectivity index (χ3v) is 2.35. The van der Waals surface area contributed by atoms with Crippen molar-refractivity contribution in [3.05, 3.63) is 0 Å². The van der Waals surface area contributed by atoms with Gasteiger partial charge in [-0.2, -0.15) is 0 Å². The monoisotopic (exact) mass is 200 g/mol. The van der Waals surface area contributed by atoms with Crippen LogP contribution in [-0.2, 0) is 4.79 Å². The summed E-state index contributed by atoms with van der Waals surface area (Å²) in [6, 6.07) is 0. The fourth-order valence-corrected chi connectivity index (χ4v) is 1.43. The van der Waals surface area contributed by atoms with E-state index in [1.807, 2.05) is 14.0 Å². The van der Waals surface area contributed by atoms with Crippen LogP contribution in [0.2, 0.25) is 0 Å². The Morgan fingerprint density at radius 3 is 2.43 bits per heavy atom. The van der Waals surface area contributed by atoms with Crippen LogP contribution in [0.15, 0.2) is 0 Å². The first-order valence-electron chi connectivity index (χ1n) is 5.54. The van der Waals surface area contributed by atoms with Crippen molar-refractivity contribution in [1.29, 1.82) is 0 Å². The summed E-state index contributed by atoms with van der Waals surface area (Å²) in [6.45, 7) is 7.94. The molecule has 0 saturated heterocycles. The quantitative estimate of drug-likeness (QED) is 0.652. The molecule has 0 rings (SSSR count). The van der Waals surface area contributed by atoms with Crippen molar-refractivity contribution in [2.45, 2.75) is 33.6 Å². The normalized spacial score (nSPS) is 14.9. The summed E-state index contributed by atoms with van der Waals surface area (Å²) >= 11 is 0. The molecule has 84 valence electrons. The fraction of sp³-hybridized carbons (Fsp3) is 0.909. The topological polar surface area (TPSA) is 41.1 Å². The Hall–Kier alpha value is -0.570. The summed E-state index contributed by atoms with van der Waals surface area (Å²) in [4.78, 5) is 11.5. The van der Waals surface area contributed by atoms with Crippen molar-refractivity contribution >= 4 is 5.91 Å². The van der Waals surface area contributed by atoms with E-state index in [-0.39, 0.29) is 11.8 Å². The second-order valence-electron chi connectivity index (χ2n) is 4.10. The summed E-state index contributed by atoms with van der Waals surface area (Å²) in [5, 5.41) is 6.07. The van der Waals surface area contributed by atoms with Crippen molar-refractivity contribution in [2.24, 2.45) is 11.8 Å². The number of hydrogen-bond acceptors (Lipinski definition) is 2. The maximum atomic E-state index is 11.5. The zero-order valence-electron chi connectivity index (χ0n) is 9.89. The minimum Gasteiger partial charge on any atom is -0.356 e. The molecule has 2 N–H and O–H groups in total. The molecule has 0 spiro atoms. The van der Waals surface area contributed by atoms with Gasteiger partial charge in [0.15, 0.2) is 0 Å². The van der Waals surface area contributed by atoms with E-state index >= 15 is 0 Å². The van der Waals surface area contributed by atoms with E-state index in [0.29, 0.717) is 5.92 Å². The zero-order valence-corrected chi connectivity index (χ0v) is 9.89. The highest BCUT2D eigenvalue weighted by molar-refractivity contribution is 5.78. The Bertz CT molecular complexity index is 159. The Labute approximate surface area is 87.6 Å². The first-order chi connectivity index (χ1) is 6.61. The molecule has 0 fully saturated rings. The van der Waals surface area contributed by atoms with E-state index in [2.05, 4.69) is 24.5 Å². The van der Waals surface area contributed by atoms with Gasteiger partial charge in [0.05, 0.1) is 0 Å². The Morgan fingerprint density at radius 2 is 1.93 bits per heavy atom. The van der Waals surface area contributed by atoms with Gasteiger partial charge in [-0.1, -0.05) is 27.2 Å². The van der Waals surface area contributed by atoms with Crippen LogP contribution in [0.4, 0.5) is 0 Å². The SMILES string of the molecule is CCCC(C)C(=O)NCC(C)CNC. The molecule has 0 saturated carbocycles. The number of rotatable bonds is 7. The summed E-state index contributed by atoms with van der Waals surface area (Å²) in [5.74, 6) is 0.842. The number of amides is 1. The van der Waals surface area contributed by atoms with Crippen LogP contribution in [0.5, 0.6) is 0 Å². The lowest BCUT2D eigenvalue weighted by atomic mass is 10.1. The van der Waals surface area contributed by atoms with Crippen molar-refractivity contribution < 1.29 is 4.79 Å². The average Bonchev–Trinajstić information content (AvgIpc) is 2.15. The van der Waals surface area contributed by atoms with E-state index < -0.39 is 0 Å². The standard InChI is InChI=1S/C11H24N2O/c1-5-6-10(3)11(14)13-8-9(2)7-12-4/h9-10,12H,5-8H2,1-4H3,(H,13,14). The van der Waals surface area contributed by atoms with Crippen molar-refractivity contribution in [3.8, 4) is 0 Å². The highest BCUT2D eigenvalue weighted by Crippen LogP contribution is 2.04. The van der Waals surface area contributed by atoms with Crippen LogP contribution >= 0.6 is 0 Å². The summed E-state index contributed by atoms with van der Waals surface area (Å²) in [7, 11) is 1.93. The lowest BCUT2D eigenvalue weighted by Crippen LogP contribution is -2.35. The summed E-state index contributed by atoms with van der Waals surface area (Å²) in [5.41, 5.74) is 0. The van der Waals surface area contributed by atoms with Crippen LogP contribution in [0.3, 0.4) is 0 Å². The van der Waals surface area contributed by atoms with Gasteiger partial charge < -0.3 is 10.6 Å². The molecular weight excluding hydrogens is 176 g/mol. The number of carbonyl (C=O) groups is 1. The maximum Gasteiger partial charge on any atom is 0.222 e. The molecule has 0 bridgehead atoms. The Balaban J connectivity index is 3.61. The Morgan fingerprint density at radius 1 is 1.29 bits per heavy atom. The number of hydrogen-bond donors (Lipinski definition) is 2. The van der Waals surface area contributed by atoms with Crippen LogP contribution < -0.4 is 10.6 Å². The first kappa shape index (κ1) is 13.4. The van der Waals surface area contributed by atoms with Gasteiger partial charge in [-0.3, -0.25) is 4.79 Å². The first-order valence-corrected chi connectivity index (χ1v) is 5.54. The van der Waals surface area contributed by atoms with E-state index in [4.69, 9.17) is 0 Å². The molecule has 0 aliphatic rings. The van der Waals surface area contributed by atoms with Gasteiger partial charge in [0.25, 0.3) is 0 Å². The fourth-order valence-electron chi connectivity index (χ4n) is 1.43. The van der Waals surface area contributed by atoms with E-state index in [9.17, 15) is 4.79 Å². The van der Waals surface area contributed by atoms with Gasteiger partial charge >= 0.3 is 0 Å². The van der Waals surface area contributed by atoms with E-state index in [1.165, 1.54) is 0 Å². The molecule has 0 aliphatic heterocycles. The third kappa shape index (κ3) is 5.97. The van der Waals surface area contributed by atoms with Crippen LogP contribution in [0.1, 0.15) is 33.6 Å². The van der Waals surface area contributed by atoms with Gasteiger partial charge in [0, 0.05) is 12.5 Å². The van der Waals surface area contributed by atoms with Crippen molar-refractivity contribution in [2.75, 3.05) is 20.1 Å². The van der Waals surface area contributed by atoms with Crippen molar-refractivity contribution in [3.63, 3.8) is 0 Å². The summed E-state index contributed by atoms with van der Waals surface area (Å²) < 4.78 is 0. The molecular formula is C11H24N2O. The zero-order chi connectivity index (χ0) is 11.0. The van der Waals surface area contributed by atoms with Gasteiger partial charge in [-0.15, -0.1) is 0 Å². The molecule has 3 heteroatoms. The number of nitrogens with one attached hydrogen (secondary N) is 2. The van der Waals surface area contributed by atoms with Gasteiger partial charge in [-0.25, -0.2) is 0 Å². The van der Waals surface area contributed by atoms with Crippen LogP contribution in [0, 0.1) is 11.8 Å². The second-order valence-corrected chi connectivity index (χ2v) is 4.10. The van der Waals surface area contributed by atoms with E-state index in [1.54, 1.807) is 0 Å². The molecule has 0 aromatic rings. The average molecular weight is 200 g/mol. The minimum absolute atomic E-state index is 0.154. The highest BCUT2D eigenvalue weighted by Gasteiger charge is 2.11. The molecule has 0 radical (unpaired) electrons. The Kier molecular flexibility index (Phi) is 7.48.